The van der Waals surface area contributed by atoms with E-state index in [1.807, 2.05) is 6.07 Å². The van der Waals surface area contributed by atoms with E-state index in [0.29, 0.717) is 0 Å². The molecule has 0 aliphatic rings. The fourth-order valence-electron chi connectivity index (χ4n) is 0.714. The van der Waals surface area contributed by atoms with Gasteiger partial charge in [0.1, 0.15) is 0 Å². The SMILES string of the molecule is CCc1ccccc1.O=S([O-])O. The lowest BCUT2D eigenvalue weighted by molar-refractivity contribution is 0.436. The Morgan fingerprint density at radius 1 is 1.42 bits per heavy atom. The van der Waals surface area contributed by atoms with Crippen LogP contribution in [0.15, 0.2) is 30.3 Å². The van der Waals surface area contributed by atoms with Crippen molar-refractivity contribution in [3.05, 3.63) is 35.9 Å². The van der Waals surface area contributed by atoms with Gasteiger partial charge in [0.15, 0.2) is 0 Å². The predicted octanol–water partition coefficient (Wildman–Crippen LogP) is 1.59. The van der Waals surface area contributed by atoms with Crippen molar-refractivity contribution in [2.75, 3.05) is 0 Å². The largest absolute Gasteiger partial charge is 0.750 e. The molecule has 0 amide bonds. The maximum Gasteiger partial charge on any atom is 0.0814 e. The molecule has 12 heavy (non-hydrogen) atoms. The van der Waals surface area contributed by atoms with Crippen LogP contribution in [0.25, 0.3) is 0 Å². The van der Waals surface area contributed by atoms with Crippen LogP contribution < -0.4 is 0 Å². The van der Waals surface area contributed by atoms with Crippen molar-refractivity contribution in [1.29, 1.82) is 0 Å². The van der Waals surface area contributed by atoms with E-state index in [2.05, 4.69) is 31.2 Å². The lowest BCUT2D eigenvalue weighted by Gasteiger charge is -1.89. The van der Waals surface area contributed by atoms with Crippen molar-refractivity contribution in [2.45, 2.75) is 13.3 Å². The van der Waals surface area contributed by atoms with Crippen molar-refractivity contribution >= 4 is 11.4 Å². The van der Waals surface area contributed by atoms with E-state index in [1.165, 1.54) is 5.56 Å². The van der Waals surface area contributed by atoms with Crippen LogP contribution in [0.5, 0.6) is 0 Å². The Labute approximate surface area is 74.5 Å². The first-order chi connectivity index (χ1) is 5.66. The number of hydrogen-bond acceptors (Lipinski definition) is 2. The summed E-state index contributed by atoms with van der Waals surface area (Å²) in [5, 5.41) is 0. The maximum absolute atomic E-state index is 8.56. The average molecular weight is 187 g/mol. The van der Waals surface area contributed by atoms with Crippen molar-refractivity contribution < 1.29 is 13.3 Å². The Kier molecular flexibility index (Phi) is 6.55. The van der Waals surface area contributed by atoms with Gasteiger partial charge in [-0.25, -0.2) is 4.21 Å². The van der Waals surface area contributed by atoms with Gasteiger partial charge in [0.25, 0.3) is 0 Å². The summed E-state index contributed by atoms with van der Waals surface area (Å²) in [6.07, 6.45) is 1.14. The van der Waals surface area contributed by atoms with Gasteiger partial charge in [-0.1, -0.05) is 37.3 Å². The minimum atomic E-state index is -2.86. The highest BCUT2D eigenvalue weighted by Crippen LogP contribution is 1.96. The van der Waals surface area contributed by atoms with Gasteiger partial charge in [-0.3, -0.25) is 0 Å². The van der Waals surface area contributed by atoms with Crippen LogP contribution in [0, 0.1) is 0 Å². The molecule has 0 saturated carbocycles. The molecule has 4 heteroatoms. The Bertz CT molecular complexity index is 219. The normalized spacial score (nSPS) is 11.2. The number of rotatable bonds is 1. The molecule has 0 aliphatic carbocycles. The quantitative estimate of drug-likeness (QED) is 0.679. The van der Waals surface area contributed by atoms with Gasteiger partial charge in [0, 0.05) is 0 Å². The zero-order chi connectivity index (χ0) is 9.40. The molecule has 1 unspecified atom stereocenters. The second-order valence-corrected chi connectivity index (χ2v) is 2.49. The van der Waals surface area contributed by atoms with E-state index in [-0.39, 0.29) is 0 Å². The lowest BCUT2D eigenvalue weighted by atomic mass is 10.2. The van der Waals surface area contributed by atoms with E-state index in [1.54, 1.807) is 0 Å². The predicted molar refractivity (Wildman–Crippen MR) is 47.4 cm³/mol. The molecule has 1 aromatic carbocycles. The Morgan fingerprint density at radius 3 is 2.08 bits per heavy atom. The van der Waals surface area contributed by atoms with E-state index in [4.69, 9.17) is 13.3 Å². The monoisotopic (exact) mass is 187 g/mol. The van der Waals surface area contributed by atoms with E-state index < -0.39 is 11.4 Å². The van der Waals surface area contributed by atoms with Crippen molar-refractivity contribution in [2.24, 2.45) is 0 Å². The van der Waals surface area contributed by atoms with Crippen LogP contribution in [0.1, 0.15) is 12.5 Å². The van der Waals surface area contributed by atoms with Crippen LogP contribution in [0.3, 0.4) is 0 Å². The molecule has 0 aliphatic heterocycles. The summed E-state index contributed by atoms with van der Waals surface area (Å²) in [5.41, 5.74) is 1.41. The zero-order valence-corrected chi connectivity index (χ0v) is 7.58. The van der Waals surface area contributed by atoms with Crippen molar-refractivity contribution in [3.63, 3.8) is 0 Å². The summed E-state index contributed by atoms with van der Waals surface area (Å²) in [4.78, 5) is 0. The number of aryl methyl sites for hydroxylation is 1. The molecule has 0 heterocycles. The number of hydrogen-bond donors (Lipinski definition) is 1. The van der Waals surface area contributed by atoms with Crippen molar-refractivity contribution in [1.82, 2.24) is 0 Å². The van der Waals surface area contributed by atoms with Gasteiger partial charge in [-0.05, 0) is 12.0 Å². The van der Waals surface area contributed by atoms with E-state index >= 15 is 0 Å². The van der Waals surface area contributed by atoms with E-state index in [9.17, 15) is 0 Å². The van der Waals surface area contributed by atoms with Crippen molar-refractivity contribution in [3.8, 4) is 0 Å². The Balaban J connectivity index is 0.000000261. The second kappa shape index (κ2) is 6.97. The van der Waals surface area contributed by atoms with Crippen LogP contribution in [0.2, 0.25) is 0 Å². The van der Waals surface area contributed by atoms with Gasteiger partial charge in [-0.15, -0.1) is 0 Å². The first kappa shape index (κ1) is 11.3. The first-order valence-electron chi connectivity index (χ1n) is 3.49. The second-order valence-electron chi connectivity index (χ2n) is 2.06. The highest BCUT2D eigenvalue weighted by atomic mass is 32.2. The molecule has 0 saturated heterocycles. The fraction of sp³-hybridized carbons (Fsp3) is 0.250. The molecule has 0 aromatic heterocycles. The fourth-order valence-corrected chi connectivity index (χ4v) is 0.714. The summed E-state index contributed by atoms with van der Waals surface area (Å²) in [6.45, 7) is 2.16. The first-order valence-corrected chi connectivity index (χ1v) is 4.52. The van der Waals surface area contributed by atoms with Crippen LogP contribution in [-0.4, -0.2) is 13.3 Å². The van der Waals surface area contributed by atoms with Crippen LogP contribution in [-0.2, 0) is 17.8 Å². The smallest absolute Gasteiger partial charge is 0.0814 e. The molecule has 0 fully saturated rings. The highest BCUT2D eigenvalue weighted by molar-refractivity contribution is 7.73. The third kappa shape index (κ3) is 7.40. The molecular formula is C8H11O3S-. The van der Waals surface area contributed by atoms with E-state index in [0.717, 1.165) is 6.42 Å². The molecule has 0 spiro atoms. The number of benzene rings is 1. The molecule has 1 rings (SSSR count). The molecule has 0 bridgehead atoms. The third-order valence-electron chi connectivity index (χ3n) is 1.25. The Morgan fingerprint density at radius 2 is 1.83 bits per heavy atom. The molecule has 1 atom stereocenters. The average Bonchev–Trinajstić information content (AvgIpc) is 2.05. The Hall–Kier alpha value is -0.710. The standard InChI is InChI=1S/C8H10.H2O3S/c1-2-8-6-4-3-5-7-8;1-4(2)3/h3-7H,2H2,1H3;(H2,1,2,3)/p-1. The third-order valence-corrected chi connectivity index (χ3v) is 1.25. The summed E-state index contributed by atoms with van der Waals surface area (Å²) in [5.74, 6) is 0. The lowest BCUT2D eigenvalue weighted by Crippen LogP contribution is -1.75. The highest BCUT2D eigenvalue weighted by Gasteiger charge is 1.79. The molecular weight excluding hydrogens is 176 g/mol. The minimum Gasteiger partial charge on any atom is -0.750 e. The molecule has 1 N–H and O–H groups in total. The van der Waals surface area contributed by atoms with Gasteiger partial charge < -0.3 is 9.11 Å². The van der Waals surface area contributed by atoms with Crippen LogP contribution in [0.4, 0.5) is 0 Å². The molecule has 68 valence electrons. The summed E-state index contributed by atoms with van der Waals surface area (Å²) in [6, 6.07) is 10.5. The molecule has 0 radical (unpaired) electrons. The van der Waals surface area contributed by atoms with Gasteiger partial charge in [0.05, 0.1) is 11.4 Å². The topological polar surface area (TPSA) is 60.4 Å². The summed E-state index contributed by atoms with van der Waals surface area (Å²) < 4.78 is 24.1. The molecule has 1 aromatic rings. The summed E-state index contributed by atoms with van der Waals surface area (Å²) in [7, 11) is 0. The minimum absolute atomic E-state index is 1.14. The summed E-state index contributed by atoms with van der Waals surface area (Å²) >= 11 is -2.86. The van der Waals surface area contributed by atoms with Crippen LogP contribution >= 0.6 is 0 Å². The van der Waals surface area contributed by atoms with Gasteiger partial charge in [0.2, 0.25) is 0 Å². The van der Waals surface area contributed by atoms with Gasteiger partial charge in [-0.2, -0.15) is 0 Å². The molecule has 3 nitrogen and oxygen atoms in total. The van der Waals surface area contributed by atoms with Gasteiger partial charge >= 0.3 is 0 Å². The zero-order valence-electron chi connectivity index (χ0n) is 6.77. The maximum atomic E-state index is 8.56.